The van der Waals surface area contributed by atoms with Crippen LogP contribution in [0.4, 0.5) is 5.69 Å². The SMILES string of the molecule is CC(C)[C@@H]1[C@@H](C)C/C=C/[C@H](O)C2=CC=C2CN2C[C@@]3(CCCc4cc(Cl)ccc43)COc3ccc(cc32)C(=O)NS1(=O)=O. The molecule has 1 amide bonds. The number of nitrogens with one attached hydrogen (secondary N) is 1. The summed E-state index contributed by atoms with van der Waals surface area (Å²) in [6.45, 7) is 7.17. The summed E-state index contributed by atoms with van der Waals surface area (Å²) >= 11 is 6.38. The van der Waals surface area contributed by atoms with Crippen molar-refractivity contribution in [2.24, 2.45) is 11.8 Å². The van der Waals surface area contributed by atoms with E-state index in [1.165, 1.54) is 11.1 Å². The number of sulfonamides is 1. The molecule has 43 heavy (non-hydrogen) atoms. The monoisotopic (exact) mass is 622 g/mol. The minimum absolute atomic E-state index is 0.221. The van der Waals surface area contributed by atoms with E-state index in [4.69, 9.17) is 16.3 Å². The van der Waals surface area contributed by atoms with Crippen LogP contribution in [0.3, 0.4) is 0 Å². The Morgan fingerprint density at radius 2 is 1.98 bits per heavy atom. The summed E-state index contributed by atoms with van der Waals surface area (Å²) in [5, 5.41) is 11.0. The average Bonchev–Trinajstić information content (AvgIpc) is 3.07. The highest BCUT2D eigenvalue weighted by Gasteiger charge is 2.42. The van der Waals surface area contributed by atoms with Gasteiger partial charge in [-0.05, 0) is 90.1 Å². The molecule has 0 unspecified atom stereocenters. The maximum absolute atomic E-state index is 13.6. The number of aryl methyl sites for hydroxylation is 1. The Balaban J connectivity index is 1.44. The number of hydrogen-bond donors (Lipinski definition) is 2. The summed E-state index contributed by atoms with van der Waals surface area (Å²) in [6, 6.07) is 11.2. The fourth-order valence-corrected chi connectivity index (χ4v) is 9.55. The summed E-state index contributed by atoms with van der Waals surface area (Å²) < 4.78 is 36.0. The van der Waals surface area contributed by atoms with E-state index < -0.39 is 27.3 Å². The Hall–Kier alpha value is -3.07. The maximum Gasteiger partial charge on any atom is 0.264 e. The lowest BCUT2D eigenvalue weighted by molar-refractivity contribution is 0.0980. The summed E-state index contributed by atoms with van der Waals surface area (Å²) in [5.41, 5.74) is 4.98. The molecule has 2 aromatic carbocycles. The van der Waals surface area contributed by atoms with Crippen molar-refractivity contribution in [1.29, 1.82) is 0 Å². The van der Waals surface area contributed by atoms with Crippen LogP contribution in [0, 0.1) is 11.8 Å². The molecule has 2 aliphatic heterocycles. The van der Waals surface area contributed by atoms with Crippen LogP contribution in [-0.2, 0) is 21.9 Å². The predicted molar refractivity (Wildman–Crippen MR) is 170 cm³/mol. The molecule has 0 saturated carbocycles. The van der Waals surface area contributed by atoms with E-state index in [9.17, 15) is 18.3 Å². The molecule has 0 saturated heterocycles. The van der Waals surface area contributed by atoms with Crippen molar-refractivity contribution in [2.45, 2.75) is 63.2 Å². The van der Waals surface area contributed by atoms with Crippen molar-refractivity contribution in [2.75, 3.05) is 24.6 Å². The molecule has 4 aliphatic rings. The number of nitrogens with zero attached hydrogens (tertiary/aromatic N) is 1. The van der Waals surface area contributed by atoms with Crippen LogP contribution in [-0.4, -0.2) is 50.5 Å². The second kappa shape index (κ2) is 11.5. The third-order valence-corrected chi connectivity index (χ3v) is 11.9. The zero-order chi connectivity index (χ0) is 30.5. The highest BCUT2D eigenvalue weighted by atomic mass is 35.5. The number of aliphatic hydroxyl groups is 1. The van der Waals surface area contributed by atoms with E-state index in [2.05, 4.69) is 21.8 Å². The second-order valence-electron chi connectivity index (χ2n) is 12.8. The van der Waals surface area contributed by atoms with Gasteiger partial charge in [-0.2, -0.15) is 0 Å². The van der Waals surface area contributed by atoms with Gasteiger partial charge in [0.05, 0.1) is 23.6 Å². The molecule has 0 radical (unpaired) electrons. The van der Waals surface area contributed by atoms with Crippen LogP contribution in [0.1, 0.15) is 61.5 Å². The zero-order valence-corrected chi connectivity index (χ0v) is 26.4. The lowest BCUT2D eigenvalue weighted by Crippen LogP contribution is -2.46. The zero-order valence-electron chi connectivity index (χ0n) is 24.8. The number of carbonyl (C=O) groups excluding carboxylic acids is 1. The Labute approximate surface area is 259 Å². The van der Waals surface area contributed by atoms with Gasteiger partial charge in [0, 0.05) is 29.1 Å². The number of carbonyl (C=O) groups is 1. The quantitative estimate of drug-likeness (QED) is 0.395. The van der Waals surface area contributed by atoms with E-state index in [1.54, 1.807) is 24.3 Å². The Bertz CT molecular complexity index is 1650. The lowest BCUT2D eigenvalue weighted by Gasteiger charge is -2.41. The first-order chi connectivity index (χ1) is 20.5. The molecule has 1 spiro atoms. The Morgan fingerprint density at radius 1 is 1.16 bits per heavy atom. The first-order valence-electron chi connectivity index (χ1n) is 15.1. The molecule has 2 aliphatic carbocycles. The van der Waals surface area contributed by atoms with E-state index >= 15 is 0 Å². The Morgan fingerprint density at radius 3 is 2.72 bits per heavy atom. The molecule has 6 rings (SSSR count). The molecular weight excluding hydrogens is 584 g/mol. The van der Waals surface area contributed by atoms with Gasteiger partial charge in [0.1, 0.15) is 5.75 Å². The molecule has 0 fully saturated rings. The van der Waals surface area contributed by atoms with E-state index in [1.807, 2.05) is 45.1 Å². The Kier molecular flexibility index (Phi) is 7.98. The molecule has 228 valence electrons. The number of allylic oxidation sites excluding steroid dienone is 3. The number of rotatable bonds is 1. The first-order valence-corrected chi connectivity index (χ1v) is 17.0. The largest absolute Gasteiger partial charge is 0.490 e. The third-order valence-electron chi connectivity index (χ3n) is 9.45. The molecule has 9 heteroatoms. The van der Waals surface area contributed by atoms with Crippen LogP contribution < -0.4 is 14.4 Å². The number of hydrogen-bond acceptors (Lipinski definition) is 6. The molecular formula is C34H39ClN2O5S. The van der Waals surface area contributed by atoms with Crippen molar-refractivity contribution >= 4 is 33.2 Å². The molecule has 2 N–H and O–H groups in total. The number of aliphatic hydroxyl groups excluding tert-OH is 1. The third kappa shape index (κ3) is 5.65. The van der Waals surface area contributed by atoms with E-state index in [0.717, 1.165) is 41.1 Å². The van der Waals surface area contributed by atoms with Crippen molar-refractivity contribution in [1.82, 2.24) is 4.72 Å². The first kappa shape index (κ1) is 30.0. The highest BCUT2D eigenvalue weighted by Crippen LogP contribution is 2.45. The minimum Gasteiger partial charge on any atom is -0.490 e. The van der Waals surface area contributed by atoms with E-state index in [0.29, 0.717) is 31.9 Å². The van der Waals surface area contributed by atoms with Gasteiger partial charge in [0.15, 0.2) is 0 Å². The fraction of sp³-hybridized carbons (Fsp3) is 0.441. The van der Waals surface area contributed by atoms with Gasteiger partial charge in [0.2, 0.25) is 10.0 Å². The van der Waals surface area contributed by atoms with Gasteiger partial charge in [-0.15, -0.1) is 0 Å². The number of halogens is 1. The van der Waals surface area contributed by atoms with Gasteiger partial charge < -0.3 is 14.7 Å². The van der Waals surface area contributed by atoms with Crippen LogP contribution >= 0.6 is 11.6 Å². The number of ether oxygens (including phenoxy) is 1. The number of anilines is 1. The second-order valence-corrected chi connectivity index (χ2v) is 15.1. The molecule has 2 bridgehead atoms. The topological polar surface area (TPSA) is 95.9 Å². The van der Waals surface area contributed by atoms with Crippen LogP contribution in [0.15, 0.2) is 71.8 Å². The molecule has 2 heterocycles. The molecule has 7 nitrogen and oxygen atoms in total. The molecule has 4 atom stereocenters. The standard InChI is InChI=1S/C34H39ClN2O5S/c1-21(2)32-22(3)6-4-8-30(38)27-12-9-25(27)18-37-19-34(15-5-7-23-16-26(35)11-13-28(23)34)20-42-31-14-10-24(17-29(31)37)33(39)36-43(32,40)41/h4,8-14,16-17,21-22,30,32,38H,5-7,15,18-20H2,1-3H3,(H,36,39)/b8-4+/t22-,30-,32+,34-/m0/s1. The summed E-state index contributed by atoms with van der Waals surface area (Å²) in [7, 11) is -3.99. The number of benzene rings is 2. The van der Waals surface area contributed by atoms with Gasteiger partial charge >= 0.3 is 0 Å². The van der Waals surface area contributed by atoms with Gasteiger partial charge in [-0.1, -0.05) is 62.7 Å². The van der Waals surface area contributed by atoms with Crippen molar-refractivity contribution in [3.05, 3.63) is 93.6 Å². The van der Waals surface area contributed by atoms with Crippen LogP contribution in [0.2, 0.25) is 5.02 Å². The fourth-order valence-electron chi connectivity index (χ4n) is 7.41. The summed E-state index contributed by atoms with van der Waals surface area (Å²) in [4.78, 5) is 15.7. The van der Waals surface area contributed by atoms with Crippen molar-refractivity contribution in [3.8, 4) is 5.75 Å². The van der Waals surface area contributed by atoms with Crippen LogP contribution in [0.5, 0.6) is 5.75 Å². The van der Waals surface area contributed by atoms with Crippen molar-refractivity contribution < 1.29 is 23.1 Å². The van der Waals surface area contributed by atoms with E-state index in [-0.39, 0.29) is 22.8 Å². The minimum atomic E-state index is -3.99. The van der Waals surface area contributed by atoms with Crippen LogP contribution in [0.25, 0.3) is 0 Å². The van der Waals surface area contributed by atoms with Gasteiger partial charge in [0.25, 0.3) is 5.91 Å². The summed E-state index contributed by atoms with van der Waals surface area (Å²) in [6.07, 6.45) is 10.1. The highest BCUT2D eigenvalue weighted by molar-refractivity contribution is 7.90. The number of amides is 1. The number of fused-ring (bicyclic) bond motifs is 4. The average molecular weight is 623 g/mol. The van der Waals surface area contributed by atoms with Crippen molar-refractivity contribution in [3.63, 3.8) is 0 Å². The lowest BCUT2D eigenvalue weighted by atomic mass is 9.70. The normalized spacial score (nSPS) is 29.2. The van der Waals surface area contributed by atoms with Gasteiger partial charge in [-0.3, -0.25) is 4.79 Å². The molecule has 2 aromatic rings. The predicted octanol–water partition coefficient (Wildman–Crippen LogP) is 5.72. The summed E-state index contributed by atoms with van der Waals surface area (Å²) in [5.74, 6) is -0.508. The maximum atomic E-state index is 13.6. The van der Waals surface area contributed by atoms with Gasteiger partial charge in [-0.25, -0.2) is 13.1 Å². The molecule has 0 aromatic heterocycles. The smallest absolute Gasteiger partial charge is 0.264 e.